The molecule has 1 aromatic carbocycles. The normalized spacial score (nSPS) is 11.9. The molecule has 1 atom stereocenters. The van der Waals surface area contributed by atoms with E-state index in [2.05, 4.69) is 17.9 Å². The van der Waals surface area contributed by atoms with E-state index in [1.807, 2.05) is 6.07 Å². The summed E-state index contributed by atoms with van der Waals surface area (Å²) >= 11 is 4.20. The van der Waals surface area contributed by atoms with Gasteiger partial charge in [-0.1, -0.05) is 68.9 Å². The van der Waals surface area contributed by atoms with Crippen LogP contribution in [-0.4, -0.2) is 22.7 Å². The third kappa shape index (κ3) is 8.96. The van der Waals surface area contributed by atoms with Crippen molar-refractivity contribution >= 4 is 24.5 Å². The first-order chi connectivity index (χ1) is 11.6. The second kappa shape index (κ2) is 12.9. The third-order valence-corrected chi connectivity index (χ3v) is 4.31. The van der Waals surface area contributed by atoms with Crippen LogP contribution in [0, 0.1) is 0 Å². The summed E-state index contributed by atoms with van der Waals surface area (Å²) in [5, 5.41) is 11.9. The minimum atomic E-state index is -1.03. The molecule has 0 aliphatic heterocycles. The van der Waals surface area contributed by atoms with Crippen LogP contribution in [0.3, 0.4) is 0 Å². The quantitative estimate of drug-likeness (QED) is 0.365. The molecule has 0 aliphatic carbocycles. The highest BCUT2D eigenvalue weighted by Crippen LogP contribution is 2.14. The van der Waals surface area contributed by atoms with Crippen LogP contribution in [0.2, 0.25) is 0 Å². The fraction of sp³-hybridized carbons (Fsp3) is 0.579. The number of unbranched alkanes of at least 4 members (excludes halogenated alkanes) is 7. The number of amides is 1. The van der Waals surface area contributed by atoms with Crippen molar-refractivity contribution in [3.05, 3.63) is 35.9 Å². The summed E-state index contributed by atoms with van der Waals surface area (Å²) in [6.07, 6.45) is 9.50. The van der Waals surface area contributed by atoms with Crippen LogP contribution in [0.4, 0.5) is 0 Å². The Morgan fingerprint density at radius 1 is 0.917 bits per heavy atom. The second-order valence-electron chi connectivity index (χ2n) is 6.05. The van der Waals surface area contributed by atoms with E-state index in [0.717, 1.165) is 25.0 Å². The Hall–Kier alpha value is -1.49. The minimum absolute atomic E-state index is 0.194. The van der Waals surface area contributed by atoms with Crippen LogP contribution >= 0.6 is 12.6 Å². The zero-order valence-corrected chi connectivity index (χ0v) is 15.1. The van der Waals surface area contributed by atoms with Gasteiger partial charge < -0.3 is 10.4 Å². The number of hydrogen-bond donors (Lipinski definition) is 3. The molecule has 2 N–H and O–H groups in total. The van der Waals surface area contributed by atoms with Gasteiger partial charge >= 0.3 is 5.97 Å². The smallest absolute Gasteiger partial charge is 0.330 e. The van der Waals surface area contributed by atoms with E-state index >= 15 is 0 Å². The van der Waals surface area contributed by atoms with E-state index in [9.17, 15) is 14.7 Å². The molecule has 0 aliphatic rings. The highest BCUT2D eigenvalue weighted by atomic mass is 32.1. The predicted molar refractivity (Wildman–Crippen MR) is 100 cm³/mol. The summed E-state index contributed by atoms with van der Waals surface area (Å²) in [6.45, 7) is 0. The van der Waals surface area contributed by atoms with Crippen LogP contribution in [0.15, 0.2) is 30.3 Å². The Morgan fingerprint density at radius 2 is 1.46 bits per heavy atom. The average Bonchev–Trinajstić information content (AvgIpc) is 2.58. The molecule has 0 heterocycles. The molecule has 1 amide bonds. The van der Waals surface area contributed by atoms with Crippen molar-refractivity contribution in [3.63, 3.8) is 0 Å². The molecule has 24 heavy (non-hydrogen) atoms. The maximum atomic E-state index is 12.0. The van der Waals surface area contributed by atoms with Gasteiger partial charge in [0.1, 0.15) is 0 Å². The number of nitrogens with one attached hydrogen (secondary N) is 1. The number of hydrogen-bond acceptors (Lipinski definition) is 3. The number of aliphatic carboxylic acids is 1. The van der Waals surface area contributed by atoms with E-state index in [4.69, 9.17) is 0 Å². The lowest BCUT2D eigenvalue weighted by atomic mass is 10.1. The van der Waals surface area contributed by atoms with Crippen LogP contribution in [-0.2, 0) is 9.59 Å². The van der Waals surface area contributed by atoms with E-state index in [1.54, 1.807) is 24.3 Å². The Labute approximate surface area is 150 Å². The van der Waals surface area contributed by atoms with Crippen LogP contribution < -0.4 is 5.32 Å². The third-order valence-electron chi connectivity index (χ3n) is 4.00. The molecule has 5 heteroatoms. The van der Waals surface area contributed by atoms with Gasteiger partial charge in [-0.15, -0.1) is 0 Å². The molecule has 0 aromatic heterocycles. The van der Waals surface area contributed by atoms with Gasteiger partial charge in [0, 0.05) is 6.42 Å². The van der Waals surface area contributed by atoms with Crippen molar-refractivity contribution in [2.75, 3.05) is 5.75 Å². The van der Waals surface area contributed by atoms with Crippen LogP contribution in [0.1, 0.15) is 69.4 Å². The van der Waals surface area contributed by atoms with Gasteiger partial charge in [-0.25, -0.2) is 4.79 Å². The molecule has 0 radical (unpaired) electrons. The molecule has 0 saturated heterocycles. The molecule has 0 bridgehead atoms. The molecule has 0 unspecified atom stereocenters. The first-order valence-electron chi connectivity index (χ1n) is 8.83. The van der Waals surface area contributed by atoms with Crippen molar-refractivity contribution in [2.45, 2.75) is 63.8 Å². The molecule has 1 aromatic rings. The molecular weight excluding hydrogens is 322 g/mol. The number of carbonyl (C=O) groups is 2. The van der Waals surface area contributed by atoms with Gasteiger partial charge in [-0.3, -0.25) is 4.79 Å². The average molecular weight is 352 g/mol. The maximum Gasteiger partial charge on any atom is 0.330 e. The lowest BCUT2D eigenvalue weighted by Crippen LogP contribution is -2.33. The van der Waals surface area contributed by atoms with Gasteiger partial charge in [-0.2, -0.15) is 12.6 Å². The number of rotatable bonds is 13. The first-order valence-corrected chi connectivity index (χ1v) is 9.46. The number of carboxylic acid groups (broad SMARTS) is 1. The molecule has 4 nitrogen and oxygen atoms in total. The van der Waals surface area contributed by atoms with Gasteiger partial charge in [-0.05, 0) is 24.2 Å². The van der Waals surface area contributed by atoms with Gasteiger partial charge in [0.15, 0.2) is 6.04 Å². The molecule has 0 spiro atoms. The van der Waals surface area contributed by atoms with Gasteiger partial charge in [0.05, 0.1) is 0 Å². The van der Waals surface area contributed by atoms with Crippen molar-refractivity contribution in [1.82, 2.24) is 5.32 Å². The van der Waals surface area contributed by atoms with Crippen molar-refractivity contribution in [1.29, 1.82) is 0 Å². The monoisotopic (exact) mass is 351 g/mol. The first kappa shape index (κ1) is 20.6. The topological polar surface area (TPSA) is 66.4 Å². The Balaban J connectivity index is 2.17. The number of benzene rings is 1. The summed E-state index contributed by atoms with van der Waals surface area (Å²) in [5.74, 6) is -0.258. The van der Waals surface area contributed by atoms with Crippen LogP contribution in [0.25, 0.3) is 0 Å². The fourth-order valence-electron chi connectivity index (χ4n) is 2.62. The van der Waals surface area contributed by atoms with Gasteiger partial charge in [0.2, 0.25) is 5.91 Å². The highest BCUT2D eigenvalue weighted by Gasteiger charge is 2.21. The predicted octanol–water partition coefficient (Wildman–Crippen LogP) is 4.37. The zero-order chi connectivity index (χ0) is 17.6. The Bertz CT molecular complexity index is 479. The van der Waals surface area contributed by atoms with E-state index in [1.165, 1.54) is 32.1 Å². The largest absolute Gasteiger partial charge is 0.479 e. The Morgan fingerprint density at radius 3 is 2.00 bits per heavy atom. The van der Waals surface area contributed by atoms with E-state index < -0.39 is 12.0 Å². The van der Waals surface area contributed by atoms with E-state index in [-0.39, 0.29) is 5.91 Å². The molecular formula is C19H29NO3S. The molecule has 134 valence electrons. The zero-order valence-electron chi connectivity index (χ0n) is 14.2. The van der Waals surface area contributed by atoms with E-state index in [0.29, 0.717) is 12.0 Å². The lowest BCUT2D eigenvalue weighted by molar-refractivity contribution is -0.142. The fourth-order valence-corrected chi connectivity index (χ4v) is 2.85. The maximum absolute atomic E-state index is 12.0. The summed E-state index contributed by atoms with van der Waals surface area (Å²) in [7, 11) is 0. The summed E-state index contributed by atoms with van der Waals surface area (Å²) in [5.41, 5.74) is 0.597. The second-order valence-corrected chi connectivity index (χ2v) is 6.50. The Kier molecular flexibility index (Phi) is 11.0. The summed E-state index contributed by atoms with van der Waals surface area (Å²) in [6, 6.07) is 7.83. The van der Waals surface area contributed by atoms with Crippen molar-refractivity contribution in [2.24, 2.45) is 0 Å². The van der Waals surface area contributed by atoms with Crippen LogP contribution in [0.5, 0.6) is 0 Å². The summed E-state index contributed by atoms with van der Waals surface area (Å²) < 4.78 is 0. The molecule has 1 rings (SSSR count). The van der Waals surface area contributed by atoms with Crippen molar-refractivity contribution in [3.8, 4) is 0 Å². The summed E-state index contributed by atoms with van der Waals surface area (Å²) in [4.78, 5) is 23.3. The standard InChI is InChI=1S/C19H29NO3S/c21-17(14-10-5-3-1-2-4-6-11-15-24)20-18(19(22)23)16-12-8-7-9-13-16/h7-9,12-13,18,24H,1-6,10-11,14-15H2,(H,20,21)(H,22,23)/t18-/m0/s1. The lowest BCUT2D eigenvalue weighted by Gasteiger charge is -2.14. The molecule has 0 fully saturated rings. The number of carbonyl (C=O) groups excluding carboxylic acids is 1. The molecule has 0 saturated carbocycles. The number of carboxylic acids is 1. The minimum Gasteiger partial charge on any atom is -0.479 e. The number of thiol groups is 1. The highest BCUT2D eigenvalue weighted by molar-refractivity contribution is 7.80. The SMILES string of the molecule is O=C(CCCCCCCCCCS)N[C@H](C(=O)O)c1ccccc1. The van der Waals surface area contributed by atoms with Crippen molar-refractivity contribution < 1.29 is 14.7 Å². The van der Waals surface area contributed by atoms with Gasteiger partial charge in [0.25, 0.3) is 0 Å².